The smallest absolute Gasteiger partial charge is 0.282 e. The Bertz CT molecular complexity index is 763. The molecule has 0 aliphatic carbocycles. The number of nitrogens with zero attached hydrogens (tertiary/aromatic N) is 1. The highest BCUT2D eigenvalue weighted by molar-refractivity contribution is 7.74. The SMILES string of the molecule is Cc1ccc2c3c(cccc13)C(=O)N(OS(=O)O)C2=O. The fraction of sp³-hybridized carbons (Fsp3) is 0.0769. The molecule has 1 aliphatic heterocycles. The molecule has 0 saturated carbocycles. The van der Waals surface area contributed by atoms with Crippen molar-refractivity contribution in [2.45, 2.75) is 6.92 Å². The molecule has 0 fully saturated rings. The van der Waals surface area contributed by atoms with Crippen molar-refractivity contribution in [3.05, 3.63) is 47.0 Å². The Hall–Kier alpha value is -2.09. The minimum atomic E-state index is -2.75. The molecular weight excluding hydrogens is 282 g/mol. The standard InChI is InChI=1S/C13H9NO5S/c1-7-5-6-10-11-8(7)3-2-4-9(11)12(15)14(13(10)16)19-20(17)18/h2-6H,1H3,(H,17,18). The van der Waals surface area contributed by atoms with Gasteiger partial charge < -0.3 is 0 Å². The number of hydrogen-bond donors (Lipinski definition) is 1. The first kappa shape index (κ1) is 12.9. The third-order valence-electron chi connectivity index (χ3n) is 3.23. The average molecular weight is 291 g/mol. The molecule has 1 aliphatic rings. The summed E-state index contributed by atoms with van der Waals surface area (Å²) in [5, 5.41) is 1.67. The molecule has 1 atom stereocenters. The number of rotatable bonds is 2. The summed E-state index contributed by atoms with van der Waals surface area (Å²) < 4.78 is 23.8. The second kappa shape index (κ2) is 4.48. The molecule has 7 heteroatoms. The molecule has 6 nitrogen and oxygen atoms in total. The molecular formula is C13H9NO5S. The van der Waals surface area contributed by atoms with Gasteiger partial charge in [0.15, 0.2) is 0 Å². The van der Waals surface area contributed by atoms with Gasteiger partial charge in [-0.3, -0.25) is 14.1 Å². The molecule has 0 bridgehead atoms. The van der Waals surface area contributed by atoms with Gasteiger partial charge >= 0.3 is 11.4 Å². The summed E-state index contributed by atoms with van der Waals surface area (Å²) in [6, 6.07) is 8.39. The van der Waals surface area contributed by atoms with Crippen molar-refractivity contribution in [2.75, 3.05) is 0 Å². The van der Waals surface area contributed by atoms with Gasteiger partial charge in [0.1, 0.15) is 0 Å². The number of hydrogen-bond acceptors (Lipinski definition) is 4. The van der Waals surface area contributed by atoms with Crippen molar-refractivity contribution >= 4 is 33.9 Å². The predicted octanol–water partition coefficient (Wildman–Crippen LogP) is 1.81. The first-order valence-corrected chi connectivity index (χ1v) is 6.74. The molecule has 2 aromatic rings. The molecule has 3 rings (SSSR count). The highest BCUT2D eigenvalue weighted by Gasteiger charge is 2.35. The first-order valence-electron chi connectivity index (χ1n) is 5.71. The Morgan fingerprint density at radius 3 is 2.40 bits per heavy atom. The van der Waals surface area contributed by atoms with E-state index >= 15 is 0 Å². The van der Waals surface area contributed by atoms with Crippen LogP contribution in [0.3, 0.4) is 0 Å². The highest BCUT2D eigenvalue weighted by atomic mass is 32.2. The van der Waals surface area contributed by atoms with E-state index in [2.05, 4.69) is 4.28 Å². The van der Waals surface area contributed by atoms with Gasteiger partial charge in [-0.15, -0.1) is 9.35 Å². The number of aryl methyl sites for hydroxylation is 1. The minimum Gasteiger partial charge on any atom is -0.282 e. The molecule has 20 heavy (non-hydrogen) atoms. The number of imide groups is 1. The van der Waals surface area contributed by atoms with Crippen LogP contribution >= 0.6 is 0 Å². The summed E-state index contributed by atoms with van der Waals surface area (Å²) >= 11 is -2.75. The van der Waals surface area contributed by atoms with Crippen molar-refractivity contribution in [3.63, 3.8) is 0 Å². The molecule has 0 saturated heterocycles. The zero-order valence-corrected chi connectivity index (χ0v) is 11.1. The van der Waals surface area contributed by atoms with Gasteiger partial charge in [-0.2, -0.15) is 4.21 Å². The van der Waals surface area contributed by atoms with E-state index < -0.39 is 23.2 Å². The quantitative estimate of drug-likeness (QED) is 0.674. The molecule has 1 heterocycles. The van der Waals surface area contributed by atoms with Gasteiger partial charge in [-0.05, 0) is 30.0 Å². The monoisotopic (exact) mass is 291 g/mol. The van der Waals surface area contributed by atoms with Crippen LogP contribution in [0, 0.1) is 6.92 Å². The first-order chi connectivity index (χ1) is 9.50. The van der Waals surface area contributed by atoms with Gasteiger partial charge in [-0.1, -0.05) is 18.2 Å². The van der Waals surface area contributed by atoms with Crippen LogP contribution in [0.25, 0.3) is 10.8 Å². The van der Waals surface area contributed by atoms with Gasteiger partial charge in [0.25, 0.3) is 11.8 Å². The fourth-order valence-electron chi connectivity index (χ4n) is 2.35. The van der Waals surface area contributed by atoms with Crippen LogP contribution in [0.4, 0.5) is 0 Å². The lowest BCUT2D eigenvalue weighted by molar-refractivity contribution is -0.0163. The lowest BCUT2D eigenvalue weighted by Gasteiger charge is -2.24. The topological polar surface area (TPSA) is 83.9 Å². The summed E-state index contributed by atoms with van der Waals surface area (Å²) in [5.74, 6) is -1.50. The van der Waals surface area contributed by atoms with Gasteiger partial charge in [0.05, 0.1) is 11.1 Å². The Kier molecular flexibility index (Phi) is 2.89. The Balaban J connectivity index is 2.31. The Labute approximate surface area is 116 Å². The largest absolute Gasteiger partial charge is 0.325 e. The van der Waals surface area contributed by atoms with E-state index in [1.54, 1.807) is 24.3 Å². The van der Waals surface area contributed by atoms with E-state index in [-0.39, 0.29) is 11.1 Å². The lowest BCUT2D eigenvalue weighted by atomic mass is 9.92. The molecule has 0 aromatic heterocycles. The summed E-state index contributed by atoms with van der Waals surface area (Å²) in [5.41, 5.74) is 1.48. The van der Waals surface area contributed by atoms with E-state index in [9.17, 15) is 13.8 Å². The third-order valence-corrected chi connectivity index (χ3v) is 3.50. The Morgan fingerprint density at radius 2 is 1.75 bits per heavy atom. The molecule has 2 amide bonds. The predicted molar refractivity (Wildman–Crippen MR) is 71.0 cm³/mol. The van der Waals surface area contributed by atoms with E-state index in [4.69, 9.17) is 4.55 Å². The maximum absolute atomic E-state index is 12.2. The van der Waals surface area contributed by atoms with Crippen molar-refractivity contribution in [3.8, 4) is 0 Å². The molecule has 102 valence electrons. The van der Waals surface area contributed by atoms with Crippen LogP contribution in [0.5, 0.6) is 0 Å². The average Bonchev–Trinajstić information content (AvgIpc) is 2.42. The number of hydroxylamine groups is 2. The number of carbonyl (C=O) groups is 2. The molecule has 0 radical (unpaired) electrons. The number of amides is 2. The van der Waals surface area contributed by atoms with Gasteiger partial charge in [-0.25, -0.2) is 0 Å². The molecule has 1 unspecified atom stereocenters. The summed E-state index contributed by atoms with van der Waals surface area (Å²) in [6.45, 7) is 1.88. The maximum atomic E-state index is 12.2. The van der Waals surface area contributed by atoms with Crippen molar-refractivity contribution < 1.29 is 22.6 Å². The van der Waals surface area contributed by atoms with Crippen LogP contribution in [0.1, 0.15) is 26.3 Å². The Morgan fingerprint density at radius 1 is 1.10 bits per heavy atom. The zero-order chi connectivity index (χ0) is 14.4. The van der Waals surface area contributed by atoms with Crippen molar-refractivity contribution in [2.24, 2.45) is 0 Å². The van der Waals surface area contributed by atoms with Gasteiger partial charge in [0, 0.05) is 5.39 Å². The van der Waals surface area contributed by atoms with Crippen LogP contribution in [0.2, 0.25) is 0 Å². The van der Waals surface area contributed by atoms with Crippen LogP contribution in [-0.4, -0.2) is 25.6 Å². The summed E-state index contributed by atoms with van der Waals surface area (Å²) in [6.07, 6.45) is 0. The lowest BCUT2D eigenvalue weighted by Crippen LogP contribution is -2.40. The zero-order valence-electron chi connectivity index (χ0n) is 10.3. The number of carbonyl (C=O) groups excluding carboxylic acids is 2. The van der Waals surface area contributed by atoms with E-state index in [0.29, 0.717) is 10.4 Å². The molecule has 1 N–H and O–H groups in total. The van der Waals surface area contributed by atoms with Crippen molar-refractivity contribution in [1.82, 2.24) is 5.06 Å². The van der Waals surface area contributed by atoms with Crippen LogP contribution in [0.15, 0.2) is 30.3 Å². The second-order valence-electron chi connectivity index (χ2n) is 4.35. The molecule has 2 aromatic carbocycles. The minimum absolute atomic E-state index is 0.270. The highest BCUT2D eigenvalue weighted by Crippen LogP contribution is 2.32. The second-order valence-corrected chi connectivity index (χ2v) is 4.94. The van der Waals surface area contributed by atoms with Crippen LogP contribution < -0.4 is 0 Å². The number of benzene rings is 2. The van der Waals surface area contributed by atoms with Crippen molar-refractivity contribution in [1.29, 1.82) is 0 Å². The van der Waals surface area contributed by atoms with E-state index in [1.165, 1.54) is 0 Å². The summed E-state index contributed by atoms with van der Waals surface area (Å²) in [4.78, 5) is 24.4. The normalized spacial score (nSPS) is 15.8. The van der Waals surface area contributed by atoms with E-state index in [1.807, 2.05) is 13.0 Å². The van der Waals surface area contributed by atoms with Crippen LogP contribution in [-0.2, 0) is 15.6 Å². The van der Waals surface area contributed by atoms with Gasteiger partial charge in [0.2, 0.25) is 0 Å². The molecule has 0 spiro atoms. The summed E-state index contributed by atoms with van der Waals surface area (Å²) in [7, 11) is 0. The van der Waals surface area contributed by atoms with E-state index in [0.717, 1.165) is 10.9 Å². The fourth-order valence-corrected chi connectivity index (χ4v) is 2.61. The third kappa shape index (κ3) is 1.75. The maximum Gasteiger partial charge on any atom is 0.325 e.